The number of nitrogens with zero attached hydrogens (tertiary/aromatic N) is 3. The highest BCUT2D eigenvalue weighted by Crippen LogP contribution is 2.31. The number of anilines is 1. The fraction of sp³-hybridized carbons (Fsp3) is 0.412. The summed E-state index contributed by atoms with van der Waals surface area (Å²) in [6.45, 7) is 1.33. The van der Waals surface area contributed by atoms with Crippen LogP contribution in [0, 0.1) is 0 Å². The largest absolute Gasteiger partial charge is 0.497 e. The smallest absolute Gasteiger partial charge is 0.244 e. The predicted octanol–water partition coefficient (Wildman–Crippen LogP) is 1.66. The molecule has 1 aromatic heterocycles. The van der Waals surface area contributed by atoms with Crippen molar-refractivity contribution < 1.29 is 14.3 Å². The molecule has 1 N–H and O–H groups in total. The third-order valence-corrected chi connectivity index (χ3v) is 4.34. The molecule has 1 amide bonds. The Bertz CT molecular complexity index is 680. The van der Waals surface area contributed by atoms with Crippen molar-refractivity contribution in [2.75, 3.05) is 32.7 Å². The average Bonchev–Trinajstić information content (AvgIpc) is 3.23. The molecule has 1 aliphatic heterocycles. The number of carbonyl (C=O) groups is 1. The summed E-state index contributed by atoms with van der Waals surface area (Å²) in [4.78, 5) is 16.7. The second-order valence-corrected chi connectivity index (χ2v) is 5.86. The van der Waals surface area contributed by atoms with E-state index in [-0.39, 0.29) is 11.9 Å². The van der Waals surface area contributed by atoms with Crippen LogP contribution in [0.4, 0.5) is 5.69 Å². The summed E-state index contributed by atoms with van der Waals surface area (Å²) in [6, 6.07) is 7.28. The Balaban J connectivity index is 1.76. The average molecular weight is 330 g/mol. The first-order chi connectivity index (χ1) is 11.6. The standard InChI is InChI=1S/C17H22N4O3/c1-20(11-12-4-6-18-19-12)16-5-7-21(17(16)22)13-8-14(23-2)10-15(9-13)24-3/h4,6,8-10,16H,5,7,11H2,1-3H3,(H,18,19)/t16-/m0/s1. The number of carbonyl (C=O) groups excluding carboxylic acids is 1. The number of amides is 1. The van der Waals surface area contributed by atoms with Crippen molar-refractivity contribution >= 4 is 11.6 Å². The number of methoxy groups -OCH3 is 2. The number of likely N-dealkylation sites (N-methyl/N-ethyl adjacent to an activating group) is 1. The van der Waals surface area contributed by atoms with E-state index in [0.717, 1.165) is 17.8 Å². The number of aromatic amines is 1. The molecular formula is C17H22N4O3. The van der Waals surface area contributed by atoms with Crippen LogP contribution in [0.1, 0.15) is 12.1 Å². The molecule has 1 aliphatic rings. The molecule has 0 radical (unpaired) electrons. The quantitative estimate of drug-likeness (QED) is 0.872. The van der Waals surface area contributed by atoms with Gasteiger partial charge in [-0.25, -0.2) is 0 Å². The van der Waals surface area contributed by atoms with Gasteiger partial charge in [0.25, 0.3) is 0 Å². The zero-order valence-corrected chi connectivity index (χ0v) is 14.2. The third-order valence-electron chi connectivity index (χ3n) is 4.34. The molecular weight excluding hydrogens is 308 g/mol. The normalized spacial score (nSPS) is 17.6. The highest BCUT2D eigenvalue weighted by atomic mass is 16.5. The van der Waals surface area contributed by atoms with Gasteiger partial charge in [-0.2, -0.15) is 5.10 Å². The number of H-pyrrole nitrogens is 1. The van der Waals surface area contributed by atoms with Gasteiger partial charge in [-0.05, 0) is 19.5 Å². The molecule has 0 spiro atoms. The fourth-order valence-corrected chi connectivity index (χ4v) is 3.03. The molecule has 0 saturated carbocycles. The summed E-state index contributed by atoms with van der Waals surface area (Å²) >= 11 is 0. The van der Waals surface area contributed by atoms with Gasteiger partial charge in [-0.1, -0.05) is 0 Å². The van der Waals surface area contributed by atoms with Crippen LogP contribution in [0.5, 0.6) is 11.5 Å². The van der Waals surface area contributed by atoms with Crippen LogP contribution in [-0.4, -0.2) is 54.9 Å². The monoisotopic (exact) mass is 330 g/mol. The first kappa shape index (κ1) is 16.3. The zero-order valence-electron chi connectivity index (χ0n) is 14.2. The molecule has 0 aliphatic carbocycles. The van der Waals surface area contributed by atoms with E-state index in [0.29, 0.717) is 24.6 Å². The summed E-state index contributed by atoms with van der Waals surface area (Å²) in [6.07, 6.45) is 2.50. The van der Waals surface area contributed by atoms with Gasteiger partial charge in [0.1, 0.15) is 11.5 Å². The van der Waals surface area contributed by atoms with Crippen molar-refractivity contribution in [1.29, 1.82) is 0 Å². The second-order valence-electron chi connectivity index (χ2n) is 5.86. The lowest BCUT2D eigenvalue weighted by Crippen LogP contribution is -2.39. The van der Waals surface area contributed by atoms with E-state index in [1.807, 2.05) is 30.1 Å². The number of benzene rings is 1. The minimum Gasteiger partial charge on any atom is -0.497 e. The first-order valence-electron chi connectivity index (χ1n) is 7.85. The van der Waals surface area contributed by atoms with E-state index < -0.39 is 0 Å². The molecule has 7 heteroatoms. The number of rotatable bonds is 6. The van der Waals surface area contributed by atoms with E-state index >= 15 is 0 Å². The molecule has 2 heterocycles. The molecule has 0 unspecified atom stereocenters. The Kier molecular flexibility index (Phi) is 4.71. The Morgan fingerprint density at radius 2 is 2.00 bits per heavy atom. The number of aromatic nitrogens is 2. The van der Waals surface area contributed by atoms with Crippen molar-refractivity contribution in [2.45, 2.75) is 19.0 Å². The summed E-state index contributed by atoms with van der Waals surface area (Å²) < 4.78 is 10.6. The Labute approximate surface area is 141 Å². The number of nitrogens with one attached hydrogen (secondary N) is 1. The number of ether oxygens (including phenoxy) is 2. The van der Waals surface area contributed by atoms with Gasteiger partial charge in [-0.3, -0.25) is 14.8 Å². The lowest BCUT2D eigenvalue weighted by molar-refractivity contribution is -0.121. The van der Waals surface area contributed by atoms with Crippen LogP contribution < -0.4 is 14.4 Å². The van der Waals surface area contributed by atoms with E-state index in [1.54, 1.807) is 31.4 Å². The molecule has 1 atom stereocenters. The topological polar surface area (TPSA) is 70.7 Å². The third kappa shape index (κ3) is 3.21. The molecule has 1 saturated heterocycles. The second kappa shape index (κ2) is 6.92. The molecule has 1 aromatic carbocycles. The van der Waals surface area contributed by atoms with E-state index in [9.17, 15) is 4.79 Å². The lowest BCUT2D eigenvalue weighted by Gasteiger charge is -2.23. The Morgan fingerprint density at radius 1 is 1.29 bits per heavy atom. The maximum absolute atomic E-state index is 12.9. The molecule has 1 fully saturated rings. The van der Waals surface area contributed by atoms with E-state index in [1.165, 1.54) is 0 Å². The van der Waals surface area contributed by atoms with Crippen molar-refractivity contribution in [3.63, 3.8) is 0 Å². The van der Waals surface area contributed by atoms with Crippen molar-refractivity contribution in [3.8, 4) is 11.5 Å². The van der Waals surface area contributed by atoms with Crippen LogP contribution in [0.3, 0.4) is 0 Å². The predicted molar refractivity (Wildman–Crippen MR) is 90.4 cm³/mol. The van der Waals surface area contributed by atoms with Crippen LogP contribution in [0.15, 0.2) is 30.5 Å². The van der Waals surface area contributed by atoms with Gasteiger partial charge in [-0.15, -0.1) is 0 Å². The SMILES string of the molecule is COc1cc(OC)cc(N2CC[C@H](N(C)Cc3ccn[nH]3)C2=O)c1. The van der Waals surface area contributed by atoms with Gasteiger partial charge in [0.15, 0.2) is 0 Å². The summed E-state index contributed by atoms with van der Waals surface area (Å²) in [5.74, 6) is 1.44. The minimum atomic E-state index is -0.148. The molecule has 3 rings (SSSR count). The Morgan fingerprint density at radius 3 is 2.58 bits per heavy atom. The lowest BCUT2D eigenvalue weighted by atomic mass is 10.2. The summed E-state index contributed by atoms with van der Waals surface area (Å²) in [5, 5.41) is 6.88. The van der Waals surface area contributed by atoms with Gasteiger partial charge < -0.3 is 14.4 Å². The first-order valence-corrected chi connectivity index (χ1v) is 7.85. The molecule has 24 heavy (non-hydrogen) atoms. The van der Waals surface area contributed by atoms with Crippen molar-refractivity contribution in [2.24, 2.45) is 0 Å². The van der Waals surface area contributed by atoms with Gasteiger partial charge >= 0.3 is 0 Å². The molecule has 128 valence electrons. The molecule has 7 nitrogen and oxygen atoms in total. The number of hydrogen-bond donors (Lipinski definition) is 1. The van der Waals surface area contributed by atoms with Crippen molar-refractivity contribution in [1.82, 2.24) is 15.1 Å². The van der Waals surface area contributed by atoms with Gasteiger partial charge in [0.05, 0.1) is 25.9 Å². The van der Waals surface area contributed by atoms with Crippen LogP contribution in [0.2, 0.25) is 0 Å². The summed E-state index contributed by atoms with van der Waals surface area (Å²) in [7, 11) is 5.16. The van der Waals surface area contributed by atoms with E-state index in [2.05, 4.69) is 10.2 Å². The molecule has 0 bridgehead atoms. The highest BCUT2D eigenvalue weighted by Gasteiger charge is 2.35. The maximum atomic E-state index is 12.9. The van der Waals surface area contributed by atoms with Crippen LogP contribution in [-0.2, 0) is 11.3 Å². The number of hydrogen-bond acceptors (Lipinski definition) is 5. The van der Waals surface area contributed by atoms with Gasteiger partial charge in [0.2, 0.25) is 5.91 Å². The van der Waals surface area contributed by atoms with Crippen LogP contribution in [0.25, 0.3) is 0 Å². The maximum Gasteiger partial charge on any atom is 0.244 e. The summed E-state index contributed by atoms with van der Waals surface area (Å²) in [5.41, 5.74) is 1.79. The van der Waals surface area contributed by atoms with Crippen molar-refractivity contribution in [3.05, 3.63) is 36.2 Å². The zero-order chi connectivity index (χ0) is 17.1. The Hall–Kier alpha value is -2.54. The van der Waals surface area contributed by atoms with Crippen LogP contribution >= 0.6 is 0 Å². The van der Waals surface area contributed by atoms with E-state index in [4.69, 9.17) is 9.47 Å². The fourth-order valence-electron chi connectivity index (χ4n) is 3.03. The highest BCUT2D eigenvalue weighted by molar-refractivity contribution is 5.99. The minimum absolute atomic E-state index is 0.0901. The van der Waals surface area contributed by atoms with Gasteiger partial charge in [0, 0.05) is 43.2 Å². The molecule has 2 aromatic rings.